The van der Waals surface area contributed by atoms with Gasteiger partial charge in [-0.3, -0.25) is 0 Å². The Morgan fingerprint density at radius 2 is 1.59 bits per heavy atom. The van der Waals surface area contributed by atoms with Crippen molar-refractivity contribution < 1.29 is 0 Å². The first-order valence-corrected chi connectivity index (χ1v) is 9.06. The molecule has 0 aliphatic carbocycles. The number of aromatic nitrogens is 3. The Morgan fingerprint density at radius 3 is 2.33 bits per heavy atom. The summed E-state index contributed by atoms with van der Waals surface area (Å²) in [5.74, 6) is 2.11. The number of nitrogens with zero attached hydrogens (tertiary/aromatic N) is 5. The van der Waals surface area contributed by atoms with Gasteiger partial charge in [-0.15, -0.1) is 0 Å². The molecule has 7 nitrogen and oxygen atoms in total. The maximum Gasteiger partial charge on any atom is 0.160 e. The lowest BCUT2D eigenvalue weighted by atomic mass is 10.2. The van der Waals surface area contributed by atoms with Crippen LogP contribution in [-0.4, -0.2) is 41.1 Å². The van der Waals surface area contributed by atoms with Gasteiger partial charge in [0.2, 0.25) is 0 Å². The zero-order chi connectivity index (χ0) is 18.6. The molecule has 3 N–H and O–H groups in total. The number of nitrogen functional groups attached to an aromatic ring is 1. The number of para-hydroxylation sites is 1. The minimum Gasteiger partial charge on any atom is -0.393 e. The van der Waals surface area contributed by atoms with E-state index in [2.05, 4.69) is 54.3 Å². The second kappa shape index (κ2) is 7.49. The largest absolute Gasteiger partial charge is 0.393 e. The number of pyridine rings is 1. The predicted molar refractivity (Wildman–Crippen MR) is 110 cm³/mol. The van der Waals surface area contributed by atoms with Crippen LogP contribution in [0, 0.1) is 6.92 Å². The zero-order valence-electron chi connectivity index (χ0n) is 15.3. The van der Waals surface area contributed by atoms with Crippen molar-refractivity contribution in [2.75, 3.05) is 47.0 Å². The molecule has 0 unspecified atom stereocenters. The fourth-order valence-corrected chi connectivity index (χ4v) is 3.28. The van der Waals surface area contributed by atoms with E-state index in [1.54, 1.807) is 12.5 Å². The lowest BCUT2D eigenvalue weighted by molar-refractivity contribution is 0.647. The molecule has 0 spiro atoms. The molecule has 138 valence electrons. The number of aryl methyl sites for hydroxylation is 1. The number of piperazine rings is 1. The summed E-state index contributed by atoms with van der Waals surface area (Å²) in [7, 11) is 0. The lowest BCUT2D eigenvalue weighted by Crippen LogP contribution is -2.47. The monoisotopic (exact) mass is 361 g/mol. The quantitative estimate of drug-likeness (QED) is 0.739. The van der Waals surface area contributed by atoms with Crippen LogP contribution in [0.3, 0.4) is 0 Å². The first-order chi connectivity index (χ1) is 13.2. The maximum atomic E-state index is 6.39. The topological polar surface area (TPSA) is 83.2 Å². The minimum absolute atomic E-state index is 0.552. The highest BCUT2D eigenvalue weighted by atomic mass is 15.3. The van der Waals surface area contributed by atoms with Crippen LogP contribution in [-0.2, 0) is 0 Å². The number of nitrogens with two attached hydrogens (primary N) is 1. The van der Waals surface area contributed by atoms with Crippen LogP contribution in [0.4, 0.5) is 28.8 Å². The van der Waals surface area contributed by atoms with E-state index in [1.807, 2.05) is 25.1 Å². The summed E-state index contributed by atoms with van der Waals surface area (Å²) in [5.41, 5.74) is 9.23. The summed E-state index contributed by atoms with van der Waals surface area (Å²) in [6, 6.07) is 14.4. The van der Waals surface area contributed by atoms with E-state index < -0.39 is 0 Å². The van der Waals surface area contributed by atoms with Gasteiger partial charge in [-0.1, -0.05) is 24.3 Å². The molecule has 2 aromatic heterocycles. The van der Waals surface area contributed by atoms with E-state index in [0.29, 0.717) is 11.5 Å². The number of anilines is 5. The standard InChI is InChI=1S/C20H23N7/c1-15-6-5-9-22-18(15)25-19-17(21)20(24-14-23-19)27-12-10-26(11-13-27)16-7-3-2-4-8-16/h2-9,14H,10-13,21H2,1H3,(H,22,23,24,25). The van der Waals surface area contributed by atoms with Gasteiger partial charge < -0.3 is 20.9 Å². The second-order valence-electron chi connectivity index (χ2n) is 6.56. The van der Waals surface area contributed by atoms with Crippen molar-refractivity contribution in [3.8, 4) is 0 Å². The van der Waals surface area contributed by atoms with Crippen LogP contribution >= 0.6 is 0 Å². The Balaban J connectivity index is 1.49. The molecule has 1 aromatic carbocycles. The van der Waals surface area contributed by atoms with Crippen LogP contribution in [0.15, 0.2) is 55.0 Å². The maximum absolute atomic E-state index is 6.39. The number of nitrogens with one attached hydrogen (secondary N) is 1. The fourth-order valence-electron chi connectivity index (χ4n) is 3.28. The number of hydrogen-bond donors (Lipinski definition) is 2. The highest BCUT2D eigenvalue weighted by Gasteiger charge is 2.21. The van der Waals surface area contributed by atoms with Crippen molar-refractivity contribution in [3.05, 3.63) is 60.6 Å². The van der Waals surface area contributed by atoms with Gasteiger partial charge in [-0.25, -0.2) is 15.0 Å². The highest BCUT2D eigenvalue weighted by molar-refractivity contribution is 5.78. The first kappa shape index (κ1) is 17.1. The molecular weight excluding hydrogens is 338 g/mol. The van der Waals surface area contributed by atoms with Gasteiger partial charge in [0.1, 0.15) is 17.8 Å². The third-order valence-corrected chi connectivity index (χ3v) is 4.81. The van der Waals surface area contributed by atoms with Crippen LogP contribution in [0.25, 0.3) is 0 Å². The SMILES string of the molecule is Cc1cccnc1Nc1ncnc(N2CCN(c3ccccc3)CC2)c1N. The van der Waals surface area contributed by atoms with Crippen molar-refractivity contribution in [1.82, 2.24) is 15.0 Å². The third-order valence-electron chi connectivity index (χ3n) is 4.81. The summed E-state index contributed by atoms with van der Waals surface area (Å²) in [6.45, 7) is 5.57. The van der Waals surface area contributed by atoms with Crippen molar-refractivity contribution in [2.45, 2.75) is 6.92 Å². The molecule has 1 saturated heterocycles. The molecule has 1 aliphatic heterocycles. The van der Waals surface area contributed by atoms with Gasteiger partial charge >= 0.3 is 0 Å². The average Bonchev–Trinajstić information content (AvgIpc) is 2.72. The number of rotatable bonds is 4. The second-order valence-corrected chi connectivity index (χ2v) is 6.56. The number of hydrogen-bond acceptors (Lipinski definition) is 7. The Hall–Kier alpha value is -3.35. The van der Waals surface area contributed by atoms with E-state index >= 15 is 0 Å². The van der Waals surface area contributed by atoms with Gasteiger partial charge in [-0.2, -0.15) is 0 Å². The Morgan fingerprint density at radius 1 is 0.852 bits per heavy atom. The van der Waals surface area contributed by atoms with Crippen molar-refractivity contribution in [3.63, 3.8) is 0 Å². The van der Waals surface area contributed by atoms with Gasteiger partial charge in [0.15, 0.2) is 11.6 Å². The van der Waals surface area contributed by atoms with E-state index in [0.717, 1.165) is 43.4 Å². The van der Waals surface area contributed by atoms with Crippen molar-refractivity contribution >= 4 is 28.8 Å². The lowest BCUT2D eigenvalue weighted by Gasteiger charge is -2.37. The predicted octanol–water partition coefficient (Wildman–Crippen LogP) is 2.83. The van der Waals surface area contributed by atoms with Gasteiger partial charge in [0.05, 0.1) is 0 Å². The van der Waals surface area contributed by atoms with Crippen LogP contribution < -0.4 is 20.9 Å². The summed E-state index contributed by atoms with van der Waals surface area (Å²) in [4.78, 5) is 17.7. The van der Waals surface area contributed by atoms with E-state index in [9.17, 15) is 0 Å². The normalized spacial score (nSPS) is 14.3. The molecule has 0 bridgehead atoms. The van der Waals surface area contributed by atoms with Crippen LogP contribution in [0.1, 0.15) is 5.56 Å². The van der Waals surface area contributed by atoms with Gasteiger partial charge in [-0.05, 0) is 30.7 Å². The summed E-state index contributed by atoms with van der Waals surface area (Å²) >= 11 is 0. The Bertz CT molecular complexity index is 905. The molecule has 7 heteroatoms. The van der Waals surface area contributed by atoms with E-state index in [4.69, 9.17) is 5.73 Å². The molecule has 0 amide bonds. The molecule has 0 atom stereocenters. The summed E-state index contributed by atoms with van der Waals surface area (Å²) < 4.78 is 0. The molecular formula is C20H23N7. The molecule has 3 aromatic rings. The van der Waals surface area contributed by atoms with Crippen LogP contribution in [0.5, 0.6) is 0 Å². The molecule has 27 heavy (non-hydrogen) atoms. The number of benzene rings is 1. The molecule has 3 heterocycles. The fraction of sp³-hybridized carbons (Fsp3) is 0.250. The Kier molecular flexibility index (Phi) is 4.74. The molecule has 1 fully saturated rings. The minimum atomic E-state index is 0.552. The molecule has 1 aliphatic rings. The summed E-state index contributed by atoms with van der Waals surface area (Å²) in [6.07, 6.45) is 3.30. The van der Waals surface area contributed by atoms with Gasteiger partial charge in [0.25, 0.3) is 0 Å². The highest BCUT2D eigenvalue weighted by Crippen LogP contribution is 2.29. The molecule has 4 rings (SSSR count). The smallest absolute Gasteiger partial charge is 0.160 e. The van der Waals surface area contributed by atoms with E-state index in [1.165, 1.54) is 5.69 Å². The Labute approximate surface area is 158 Å². The zero-order valence-corrected chi connectivity index (χ0v) is 15.3. The summed E-state index contributed by atoms with van der Waals surface area (Å²) in [5, 5.41) is 3.23. The molecule has 0 radical (unpaired) electrons. The van der Waals surface area contributed by atoms with Gasteiger partial charge in [0, 0.05) is 38.1 Å². The van der Waals surface area contributed by atoms with E-state index in [-0.39, 0.29) is 0 Å². The van der Waals surface area contributed by atoms with Crippen LogP contribution in [0.2, 0.25) is 0 Å². The average molecular weight is 361 g/mol. The third kappa shape index (κ3) is 3.62. The van der Waals surface area contributed by atoms with Crippen molar-refractivity contribution in [1.29, 1.82) is 0 Å². The molecule has 0 saturated carbocycles. The van der Waals surface area contributed by atoms with Crippen molar-refractivity contribution in [2.24, 2.45) is 0 Å². The first-order valence-electron chi connectivity index (χ1n) is 9.06.